The summed E-state index contributed by atoms with van der Waals surface area (Å²) in [5.74, 6) is 1.92. The first-order valence-corrected chi connectivity index (χ1v) is 14.3. The van der Waals surface area contributed by atoms with Gasteiger partial charge in [0.25, 0.3) is 0 Å². The van der Waals surface area contributed by atoms with E-state index in [-0.39, 0.29) is 0 Å². The summed E-state index contributed by atoms with van der Waals surface area (Å²) in [6.07, 6.45) is 0. The molecule has 3 heterocycles. The van der Waals surface area contributed by atoms with Crippen LogP contribution in [0.5, 0.6) is 0 Å². The third-order valence-electron chi connectivity index (χ3n) is 8.17. The van der Waals surface area contributed by atoms with Gasteiger partial charge in [-0.1, -0.05) is 109 Å². The molecule has 200 valence electrons. The molecule has 5 heteroatoms. The summed E-state index contributed by atoms with van der Waals surface area (Å²) in [7, 11) is 0. The van der Waals surface area contributed by atoms with E-state index in [2.05, 4.69) is 77.2 Å². The molecule has 0 bridgehead atoms. The number of fused-ring (bicyclic) bond motifs is 9. The van der Waals surface area contributed by atoms with Crippen LogP contribution in [-0.4, -0.2) is 24.3 Å². The maximum absolute atomic E-state index is 5.13. The highest BCUT2D eigenvalue weighted by Crippen LogP contribution is 2.36. The van der Waals surface area contributed by atoms with E-state index in [1.165, 1.54) is 16.2 Å². The maximum atomic E-state index is 5.13. The predicted molar refractivity (Wildman–Crippen MR) is 175 cm³/mol. The number of imidazole rings is 1. The van der Waals surface area contributed by atoms with Gasteiger partial charge in [-0.15, -0.1) is 0 Å². The lowest BCUT2D eigenvalue weighted by atomic mass is 9.99. The predicted octanol–water partition coefficient (Wildman–Crippen LogP) is 9.13. The van der Waals surface area contributed by atoms with Gasteiger partial charge in [0.2, 0.25) is 0 Å². The minimum absolute atomic E-state index is 0.630. The summed E-state index contributed by atoms with van der Waals surface area (Å²) in [5.41, 5.74) is 6.86. The van der Waals surface area contributed by atoms with Crippen LogP contribution >= 0.6 is 0 Å². The van der Waals surface area contributed by atoms with Crippen molar-refractivity contribution in [2.75, 3.05) is 0 Å². The van der Waals surface area contributed by atoms with Crippen LogP contribution in [0, 0.1) is 0 Å². The van der Waals surface area contributed by atoms with Crippen molar-refractivity contribution in [3.63, 3.8) is 0 Å². The minimum Gasteiger partial charge on any atom is -0.292 e. The van der Waals surface area contributed by atoms with Crippen LogP contribution in [0.1, 0.15) is 0 Å². The van der Waals surface area contributed by atoms with Crippen LogP contribution in [0.25, 0.3) is 83.3 Å². The fraction of sp³-hybridized carbons (Fsp3) is 0. The highest BCUT2D eigenvalue weighted by molar-refractivity contribution is 6.17. The molecule has 0 saturated heterocycles. The quantitative estimate of drug-likeness (QED) is 0.163. The van der Waals surface area contributed by atoms with Gasteiger partial charge in [0.05, 0.1) is 16.6 Å². The van der Waals surface area contributed by atoms with Gasteiger partial charge in [-0.2, -0.15) is 0 Å². The molecule has 9 aromatic rings. The SMILES string of the molecule is c1ccc(-c2nc(-c3ccccc3)nc(-c3ccc4c5cc6ccccc6cc5c5nc6ccccc6n5c4c3)n2)cc1. The Hall–Kier alpha value is -5.94. The van der Waals surface area contributed by atoms with Crippen LogP contribution in [0.2, 0.25) is 0 Å². The first-order valence-electron chi connectivity index (χ1n) is 14.3. The van der Waals surface area contributed by atoms with Crippen molar-refractivity contribution in [2.24, 2.45) is 0 Å². The van der Waals surface area contributed by atoms with Gasteiger partial charge in [-0.3, -0.25) is 4.40 Å². The lowest BCUT2D eigenvalue weighted by molar-refractivity contribution is 1.07. The molecule has 0 saturated carbocycles. The molecule has 6 aromatic carbocycles. The average Bonchev–Trinajstić information content (AvgIpc) is 3.48. The molecule has 0 radical (unpaired) electrons. The van der Waals surface area contributed by atoms with E-state index in [4.69, 9.17) is 19.9 Å². The third-order valence-corrected chi connectivity index (χ3v) is 8.17. The van der Waals surface area contributed by atoms with Crippen LogP contribution in [0.3, 0.4) is 0 Å². The molecule has 5 nitrogen and oxygen atoms in total. The Bertz CT molecular complexity index is 2440. The Morgan fingerprint density at radius 2 is 0.930 bits per heavy atom. The van der Waals surface area contributed by atoms with Gasteiger partial charge in [0.15, 0.2) is 17.5 Å². The number of nitrogens with zero attached hydrogens (tertiary/aromatic N) is 5. The number of pyridine rings is 1. The van der Waals surface area contributed by atoms with Crippen molar-refractivity contribution in [3.05, 3.63) is 140 Å². The molecule has 3 aromatic heterocycles. The molecule has 0 N–H and O–H groups in total. The summed E-state index contributed by atoms with van der Waals surface area (Å²) in [6, 6.07) is 48.1. The maximum Gasteiger partial charge on any atom is 0.164 e. The van der Waals surface area contributed by atoms with E-state index in [1.54, 1.807) is 0 Å². The Labute approximate surface area is 246 Å². The third kappa shape index (κ3) is 3.79. The van der Waals surface area contributed by atoms with Gasteiger partial charge >= 0.3 is 0 Å². The monoisotopic (exact) mass is 549 g/mol. The van der Waals surface area contributed by atoms with Crippen molar-refractivity contribution < 1.29 is 0 Å². The fourth-order valence-corrected chi connectivity index (χ4v) is 6.12. The summed E-state index contributed by atoms with van der Waals surface area (Å²) in [4.78, 5) is 20.0. The topological polar surface area (TPSA) is 56.0 Å². The summed E-state index contributed by atoms with van der Waals surface area (Å²) in [6.45, 7) is 0. The Kier molecular flexibility index (Phi) is 5.13. The second-order valence-corrected chi connectivity index (χ2v) is 10.8. The highest BCUT2D eigenvalue weighted by atomic mass is 15.0. The van der Waals surface area contributed by atoms with E-state index in [9.17, 15) is 0 Å². The molecule has 0 atom stereocenters. The van der Waals surface area contributed by atoms with Crippen molar-refractivity contribution in [1.82, 2.24) is 24.3 Å². The number of aromatic nitrogens is 5. The van der Waals surface area contributed by atoms with Crippen molar-refractivity contribution in [1.29, 1.82) is 0 Å². The molecular weight excluding hydrogens is 526 g/mol. The molecule has 0 aliphatic rings. The molecule has 43 heavy (non-hydrogen) atoms. The van der Waals surface area contributed by atoms with Gasteiger partial charge in [0.1, 0.15) is 5.65 Å². The Balaban J connectivity index is 1.37. The molecule has 0 amide bonds. The Morgan fingerprint density at radius 1 is 0.372 bits per heavy atom. The molecular formula is C38H23N5. The van der Waals surface area contributed by atoms with Gasteiger partial charge in [0, 0.05) is 27.5 Å². The molecule has 0 spiro atoms. The van der Waals surface area contributed by atoms with Crippen LogP contribution in [0.4, 0.5) is 0 Å². The normalized spacial score (nSPS) is 11.7. The number of benzene rings is 6. The van der Waals surface area contributed by atoms with Crippen molar-refractivity contribution >= 4 is 49.1 Å². The fourth-order valence-electron chi connectivity index (χ4n) is 6.12. The van der Waals surface area contributed by atoms with Gasteiger partial charge < -0.3 is 0 Å². The van der Waals surface area contributed by atoms with Gasteiger partial charge in [-0.25, -0.2) is 19.9 Å². The number of hydrogen-bond donors (Lipinski definition) is 0. The molecule has 9 rings (SSSR count). The van der Waals surface area contributed by atoms with Crippen molar-refractivity contribution in [3.8, 4) is 34.2 Å². The number of para-hydroxylation sites is 2. The first kappa shape index (κ1) is 23.7. The first-order chi connectivity index (χ1) is 21.3. The van der Waals surface area contributed by atoms with Crippen LogP contribution in [-0.2, 0) is 0 Å². The summed E-state index contributed by atoms with van der Waals surface area (Å²) >= 11 is 0. The second-order valence-electron chi connectivity index (χ2n) is 10.8. The largest absolute Gasteiger partial charge is 0.292 e. The van der Waals surface area contributed by atoms with Crippen LogP contribution in [0.15, 0.2) is 140 Å². The second kappa shape index (κ2) is 9.29. The zero-order chi connectivity index (χ0) is 28.3. The van der Waals surface area contributed by atoms with Crippen molar-refractivity contribution in [2.45, 2.75) is 0 Å². The lowest BCUT2D eigenvalue weighted by Crippen LogP contribution is -2.00. The molecule has 0 aliphatic heterocycles. The molecule has 0 unspecified atom stereocenters. The van der Waals surface area contributed by atoms with E-state index in [0.717, 1.165) is 49.7 Å². The van der Waals surface area contributed by atoms with E-state index in [1.807, 2.05) is 66.7 Å². The van der Waals surface area contributed by atoms with E-state index < -0.39 is 0 Å². The highest BCUT2D eigenvalue weighted by Gasteiger charge is 2.17. The zero-order valence-electron chi connectivity index (χ0n) is 23.0. The minimum atomic E-state index is 0.630. The zero-order valence-corrected chi connectivity index (χ0v) is 23.0. The van der Waals surface area contributed by atoms with E-state index in [0.29, 0.717) is 17.5 Å². The van der Waals surface area contributed by atoms with Crippen LogP contribution < -0.4 is 0 Å². The van der Waals surface area contributed by atoms with Gasteiger partial charge in [-0.05, 0) is 46.5 Å². The van der Waals surface area contributed by atoms with E-state index >= 15 is 0 Å². The smallest absolute Gasteiger partial charge is 0.164 e. The number of hydrogen-bond acceptors (Lipinski definition) is 4. The molecule has 0 fully saturated rings. The molecule has 0 aliphatic carbocycles. The Morgan fingerprint density at radius 3 is 1.60 bits per heavy atom. The average molecular weight is 550 g/mol. The number of rotatable bonds is 3. The summed E-state index contributed by atoms with van der Waals surface area (Å²) < 4.78 is 2.28. The lowest BCUT2D eigenvalue weighted by Gasteiger charge is -2.13. The summed E-state index contributed by atoms with van der Waals surface area (Å²) in [5, 5.41) is 5.87. The standard InChI is InChI=1S/C38H23N5/c1-3-11-24(12-4-1)35-40-36(25-13-5-2-6-14-25)42-37(41-35)28-19-20-29-30-21-26-15-7-8-16-27(26)22-31(30)38-39-32-17-9-10-18-33(32)43(38)34(29)23-28/h1-23H.